The second-order valence-electron chi connectivity index (χ2n) is 3.42. The highest BCUT2D eigenvalue weighted by atomic mass is 19.4. The van der Waals surface area contributed by atoms with Crippen molar-refractivity contribution in [1.29, 1.82) is 10.5 Å². The monoisotopic (exact) mass is 297 g/mol. The van der Waals surface area contributed by atoms with Crippen LogP contribution in [-0.4, -0.2) is 18.0 Å². The standard InChI is InChI=1S/C11H6F3N5O2/c12-11(13,14)21-7-1-2-8(10(17)20)9(3-7)19-18-6(4-15)5-16/h1-3,19H,(H2,17,20). The van der Waals surface area contributed by atoms with E-state index in [0.717, 1.165) is 18.2 Å². The Balaban J connectivity index is 3.17. The van der Waals surface area contributed by atoms with Crippen LogP contribution < -0.4 is 15.9 Å². The molecule has 3 N–H and O–H groups in total. The molecule has 108 valence electrons. The molecule has 0 aliphatic carbocycles. The van der Waals surface area contributed by atoms with Gasteiger partial charge in [0.25, 0.3) is 5.91 Å². The molecule has 0 fully saturated rings. The van der Waals surface area contributed by atoms with Gasteiger partial charge in [-0.15, -0.1) is 13.2 Å². The van der Waals surface area contributed by atoms with Crippen molar-refractivity contribution >= 4 is 17.3 Å². The van der Waals surface area contributed by atoms with Crippen molar-refractivity contribution in [3.8, 4) is 17.9 Å². The average molecular weight is 297 g/mol. The molecule has 0 aliphatic rings. The second kappa shape index (κ2) is 6.25. The van der Waals surface area contributed by atoms with E-state index in [4.69, 9.17) is 16.3 Å². The van der Waals surface area contributed by atoms with Crippen molar-refractivity contribution in [2.45, 2.75) is 6.36 Å². The molecule has 0 aromatic heterocycles. The first kappa shape index (κ1) is 15.8. The smallest absolute Gasteiger partial charge is 0.406 e. The molecule has 0 unspecified atom stereocenters. The SMILES string of the molecule is N#CC(C#N)=NNc1cc(OC(F)(F)F)ccc1C(N)=O. The number of nitriles is 2. The summed E-state index contributed by atoms with van der Waals surface area (Å²) in [7, 11) is 0. The molecule has 1 aromatic rings. The Morgan fingerprint density at radius 3 is 2.43 bits per heavy atom. The van der Waals surface area contributed by atoms with Gasteiger partial charge in [0.15, 0.2) is 0 Å². The molecule has 0 saturated carbocycles. The molecule has 0 saturated heterocycles. The predicted molar refractivity (Wildman–Crippen MR) is 63.9 cm³/mol. The zero-order valence-corrected chi connectivity index (χ0v) is 10.1. The third-order valence-corrected chi connectivity index (χ3v) is 1.99. The summed E-state index contributed by atoms with van der Waals surface area (Å²) < 4.78 is 40.0. The van der Waals surface area contributed by atoms with Crippen molar-refractivity contribution in [3.05, 3.63) is 23.8 Å². The number of amides is 1. The van der Waals surface area contributed by atoms with Crippen LogP contribution in [0, 0.1) is 22.7 Å². The van der Waals surface area contributed by atoms with Crippen LogP contribution in [-0.2, 0) is 0 Å². The lowest BCUT2D eigenvalue weighted by Gasteiger charge is -2.11. The minimum Gasteiger partial charge on any atom is -0.406 e. The fraction of sp³-hybridized carbons (Fsp3) is 0.0909. The maximum Gasteiger partial charge on any atom is 0.573 e. The van der Waals surface area contributed by atoms with E-state index in [2.05, 4.69) is 15.3 Å². The zero-order valence-electron chi connectivity index (χ0n) is 10.1. The number of nitrogens with one attached hydrogen (secondary N) is 1. The number of carbonyl (C=O) groups is 1. The average Bonchev–Trinajstić information content (AvgIpc) is 2.37. The van der Waals surface area contributed by atoms with Crippen molar-refractivity contribution in [1.82, 2.24) is 0 Å². The lowest BCUT2D eigenvalue weighted by atomic mass is 10.1. The van der Waals surface area contributed by atoms with Gasteiger partial charge in [0.1, 0.15) is 17.9 Å². The molecular formula is C11H6F3N5O2. The molecule has 7 nitrogen and oxygen atoms in total. The third-order valence-electron chi connectivity index (χ3n) is 1.99. The number of hydrogen-bond donors (Lipinski definition) is 2. The fourth-order valence-corrected chi connectivity index (χ4v) is 1.22. The van der Waals surface area contributed by atoms with Gasteiger partial charge < -0.3 is 10.5 Å². The number of alkyl halides is 3. The van der Waals surface area contributed by atoms with Crippen LogP contribution in [0.5, 0.6) is 5.75 Å². The summed E-state index contributed by atoms with van der Waals surface area (Å²) in [6, 6.07) is 5.53. The Bertz CT molecular complexity index is 654. The van der Waals surface area contributed by atoms with E-state index < -0.39 is 23.7 Å². The number of nitrogens with zero attached hydrogens (tertiary/aromatic N) is 3. The summed E-state index contributed by atoms with van der Waals surface area (Å²) in [4.78, 5) is 11.1. The first-order valence-electron chi connectivity index (χ1n) is 5.10. The van der Waals surface area contributed by atoms with Gasteiger partial charge in [-0.1, -0.05) is 0 Å². The number of halogens is 3. The number of nitrogens with two attached hydrogens (primary N) is 1. The highest BCUT2D eigenvalue weighted by Gasteiger charge is 2.31. The molecule has 0 spiro atoms. The summed E-state index contributed by atoms with van der Waals surface area (Å²) in [5.41, 5.74) is 6.14. The highest BCUT2D eigenvalue weighted by Crippen LogP contribution is 2.27. The number of benzene rings is 1. The van der Waals surface area contributed by atoms with Crippen molar-refractivity contribution in [2.24, 2.45) is 10.8 Å². The molecule has 1 rings (SSSR count). The number of rotatable bonds is 4. The maximum atomic E-state index is 12.1. The Morgan fingerprint density at radius 1 is 1.33 bits per heavy atom. The van der Waals surface area contributed by atoms with Crippen LogP contribution in [0.1, 0.15) is 10.4 Å². The Kier molecular flexibility index (Phi) is 4.70. The molecule has 0 aliphatic heterocycles. The zero-order chi connectivity index (χ0) is 16.0. The van der Waals surface area contributed by atoms with E-state index in [1.54, 1.807) is 0 Å². The Morgan fingerprint density at radius 2 is 1.95 bits per heavy atom. The van der Waals surface area contributed by atoms with Gasteiger partial charge in [0, 0.05) is 6.07 Å². The lowest BCUT2D eigenvalue weighted by molar-refractivity contribution is -0.274. The molecule has 10 heteroatoms. The number of anilines is 1. The highest BCUT2D eigenvalue weighted by molar-refractivity contribution is 6.10. The van der Waals surface area contributed by atoms with Crippen LogP contribution >= 0.6 is 0 Å². The van der Waals surface area contributed by atoms with Gasteiger partial charge in [-0.2, -0.15) is 15.6 Å². The van der Waals surface area contributed by atoms with E-state index >= 15 is 0 Å². The van der Waals surface area contributed by atoms with Crippen LogP contribution in [0.2, 0.25) is 0 Å². The molecular weight excluding hydrogens is 291 g/mol. The van der Waals surface area contributed by atoms with Gasteiger partial charge in [-0.25, -0.2) is 0 Å². The van der Waals surface area contributed by atoms with E-state index in [-0.39, 0.29) is 11.3 Å². The topological polar surface area (TPSA) is 124 Å². The number of carbonyl (C=O) groups excluding carboxylic acids is 1. The maximum absolute atomic E-state index is 12.1. The largest absolute Gasteiger partial charge is 0.573 e. The lowest BCUT2D eigenvalue weighted by Crippen LogP contribution is -2.18. The Labute approximate surface area is 116 Å². The number of ether oxygens (including phenoxy) is 1. The van der Waals surface area contributed by atoms with E-state index in [1.165, 1.54) is 12.1 Å². The second-order valence-corrected chi connectivity index (χ2v) is 3.42. The van der Waals surface area contributed by atoms with Gasteiger partial charge in [0.05, 0.1) is 11.3 Å². The molecule has 0 radical (unpaired) electrons. The fourth-order valence-electron chi connectivity index (χ4n) is 1.22. The van der Waals surface area contributed by atoms with Crippen LogP contribution in [0.15, 0.2) is 23.3 Å². The van der Waals surface area contributed by atoms with E-state index in [9.17, 15) is 18.0 Å². The van der Waals surface area contributed by atoms with Crippen LogP contribution in [0.25, 0.3) is 0 Å². The van der Waals surface area contributed by atoms with Crippen LogP contribution in [0.4, 0.5) is 18.9 Å². The van der Waals surface area contributed by atoms with Crippen molar-refractivity contribution in [3.63, 3.8) is 0 Å². The van der Waals surface area contributed by atoms with Gasteiger partial charge in [-0.3, -0.25) is 10.2 Å². The normalized spacial score (nSPS) is 9.95. The van der Waals surface area contributed by atoms with Gasteiger partial charge >= 0.3 is 6.36 Å². The summed E-state index contributed by atoms with van der Waals surface area (Å²) in [6.45, 7) is 0. The Hall–Kier alpha value is -3.27. The third kappa shape index (κ3) is 4.72. The summed E-state index contributed by atoms with van der Waals surface area (Å²) in [6.07, 6.45) is -4.92. The summed E-state index contributed by atoms with van der Waals surface area (Å²) >= 11 is 0. The number of hydrogen-bond acceptors (Lipinski definition) is 6. The summed E-state index contributed by atoms with van der Waals surface area (Å²) in [5, 5.41) is 20.3. The molecule has 0 bridgehead atoms. The number of primary amides is 1. The quantitative estimate of drug-likeness (QED) is 0.643. The summed E-state index contributed by atoms with van der Waals surface area (Å²) in [5.74, 6) is -1.57. The minimum absolute atomic E-state index is 0.191. The minimum atomic E-state index is -4.92. The van der Waals surface area contributed by atoms with Gasteiger partial charge in [0.2, 0.25) is 5.71 Å². The molecule has 0 heterocycles. The van der Waals surface area contributed by atoms with E-state index in [0.29, 0.717) is 0 Å². The molecule has 0 atom stereocenters. The molecule has 21 heavy (non-hydrogen) atoms. The van der Waals surface area contributed by atoms with Crippen molar-refractivity contribution < 1.29 is 22.7 Å². The van der Waals surface area contributed by atoms with E-state index in [1.807, 2.05) is 0 Å². The first-order chi connectivity index (χ1) is 9.76. The molecule has 1 amide bonds. The number of hydrazone groups is 1. The van der Waals surface area contributed by atoms with Crippen LogP contribution in [0.3, 0.4) is 0 Å². The van der Waals surface area contributed by atoms with Crippen molar-refractivity contribution in [2.75, 3.05) is 5.43 Å². The molecule has 1 aromatic carbocycles. The first-order valence-corrected chi connectivity index (χ1v) is 5.10. The van der Waals surface area contributed by atoms with Gasteiger partial charge in [-0.05, 0) is 12.1 Å². The predicted octanol–water partition coefficient (Wildman–Crippen LogP) is 1.50.